The Morgan fingerprint density at radius 1 is 1.18 bits per heavy atom. The standard InChI is InChI=1S/C13H17NO2S/c1-11-7-9-13(10-8-11)17(15,16)14-12-5-3-2-4-6-12/h2-3,7-10,12,14H,4-6H2,1H3/t12-/m0/s1. The van der Waals surface area contributed by atoms with Crippen molar-refractivity contribution in [3.63, 3.8) is 0 Å². The predicted octanol–water partition coefficient (Wildman–Crippen LogP) is 2.38. The highest BCUT2D eigenvalue weighted by atomic mass is 32.2. The van der Waals surface area contributed by atoms with E-state index in [1.165, 1.54) is 0 Å². The van der Waals surface area contributed by atoms with Crippen LogP contribution in [0.2, 0.25) is 0 Å². The Labute approximate surface area is 103 Å². The van der Waals surface area contributed by atoms with Crippen molar-refractivity contribution in [2.45, 2.75) is 37.1 Å². The first-order valence-electron chi connectivity index (χ1n) is 5.82. The van der Waals surface area contributed by atoms with E-state index >= 15 is 0 Å². The maximum atomic E-state index is 12.1. The number of hydrogen-bond acceptors (Lipinski definition) is 2. The maximum absolute atomic E-state index is 12.1. The molecule has 0 aromatic heterocycles. The van der Waals surface area contributed by atoms with Crippen LogP contribution in [0, 0.1) is 6.92 Å². The zero-order valence-electron chi connectivity index (χ0n) is 9.89. The lowest BCUT2D eigenvalue weighted by atomic mass is 10.0. The van der Waals surface area contributed by atoms with Crippen molar-refractivity contribution >= 4 is 10.0 Å². The molecule has 4 heteroatoms. The molecule has 0 amide bonds. The van der Waals surface area contributed by atoms with E-state index in [9.17, 15) is 8.42 Å². The molecule has 0 bridgehead atoms. The van der Waals surface area contributed by atoms with Crippen molar-refractivity contribution in [1.29, 1.82) is 0 Å². The lowest BCUT2D eigenvalue weighted by Crippen LogP contribution is -2.35. The van der Waals surface area contributed by atoms with Crippen molar-refractivity contribution in [2.75, 3.05) is 0 Å². The number of sulfonamides is 1. The number of benzene rings is 1. The molecule has 0 aliphatic heterocycles. The number of rotatable bonds is 3. The summed E-state index contributed by atoms with van der Waals surface area (Å²) in [6.45, 7) is 1.94. The second-order valence-corrected chi connectivity index (χ2v) is 6.13. The van der Waals surface area contributed by atoms with Crippen LogP contribution in [0.25, 0.3) is 0 Å². The molecule has 3 nitrogen and oxygen atoms in total. The zero-order valence-corrected chi connectivity index (χ0v) is 10.7. The fourth-order valence-electron chi connectivity index (χ4n) is 1.91. The maximum Gasteiger partial charge on any atom is 0.240 e. The van der Waals surface area contributed by atoms with E-state index in [2.05, 4.69) is 10.8 Å². The van der Waals surface area contributed by atoms with Crippen molar-refractivity contribution in [2.24, 2.45) is 0 Å². The van der Waals surface area contributed by atoms with Crippen LogP contribution in [0.1, 0.15) is 24.8 Å². The van der Waals surface area contributed by atoms with E-state index < -0.39 is 10.0 Å². The fourth-order valence-corrected chi connectivity index (χ4v) is 3.19. The Balaban J connectivity index is 2.13. The van der Waals surface area contributed by atoms with Crippen LogP contribution in [0.5, 0.6) is 0 Å². The van der Waals surface area contributed by atoms with Gasteiger partial charge in [-0.25, -0.2) is 13.1 Å². The predicted molar refractivity (Wildman–Crippen MR) is 68.3 cm³/mol. The van der Waals surface area contributed by atoms with Crippen molar-refractivity contribution in [3.05, 3.63) is 42.0 Å². The van der Waals surface area contributed by atoms with Gasteiger partial charge in [0.1, 0.15) is 0 Å². The van der Waals surface area contributed by atoms with E-state index in [4.69, 9.17) is 0 Å². The van der Waals surface area contributed by atoms with Gasteiger partial charge in [-0.1, -0.05) is 29.8 Å². The Bertz CT molecular complexity index is 503. The molecule has 92 valence electrons. The molecule has 1 atom stereocenters. The molecule has 0 heterocycles. The van der Waals surface area contributed by atoms with Crippen LogP contribution in [0.3, 0.4) is 0 Å². The van der Waals surface area contributed by atoms with Crippen LogP contribution >= 0.6 is 0 Å². The van der Waals surface area contributed by atoms with E-state index in [1.54, 1.807) is 12.1 Å². The Morgan fingerprint density at radius 2 is 1.88 bits per heavy atom. The van der Waals surface area contributed by atoms with Gasteiger partial charge in [0, 0.05) is 6.04 Å². The minimum atomic E-state index is -3.36. The average Bonchev–Trinajstić information content (AvgIpc) is 2.30. The van der Waals surface area contributed by atoms with Gasteiger partial charge in [0.25, 0.3) is 0 Å². The largest absolute Gasteiger partial charge is 0.240 e. The summed E-state index contributed by atoms with van der Waals surface area (Å²) < 4.78 is 26.9. The normalized spacial score (nSPS) is 20.4. The first-order valence-corrected chi connectivity index (χ1v) is 7.30. The molecule has 0 unspecified atom stereocenters. The highest BCUT2D eigenvalue weighted by molar-refractivity contribution is 7.89. The van der Waals surface area contributed by atoms with Crippen LogP contribution in [0.15, 0.2) is 41.3 Å². The van der Waals surface area contributed by atoms with Gasteiger partial charge in [0.05, 0.1) is 4.90 Å². The van der Waals surface area contributed by atoms with Crippen molar-refractivity contribution in [1.82, 2.24) is 4.72 Å². The second-order valence-electron chi connectivity index (χ2n) is 4.42. The van der Waals surface area contributed by atoms with E-state index in [0.29, 0.717) is 4.90 Å². The van der Waals surface area contributed by atoms with Gasteiger partial charge in [-0.15, -0.1) is 0 Å². The van der Waals surface area contributed by atoms with Crippen molar-refractivity contribution < 1.29 is 8.42 Å². The molecule has 0 saturated heterocycles. The minimum Gasteiger partial charge on any atom is -0.208 e. The van der Waals surface area contributed by atoms with Crippen LogP contribution in [0.4, 0.5) is 0 Å². The highest BCUT2D eigenvalue weighted by Crippen LogP contribution is 2.15. The minimum absolute atomic E-state index is 0.0336. The summed E-state index contributed by atoms with van der Waals surface area (Å²) in [5, 5.41) is 0. The van der Waals surface area contributed by atoms with Gasteiger partial charge in [0.2, 0.25) is 10.0 Å². The first-order chi connectivity index (χ1) is 8.08. The number of nitrogens with one attached hydrogen (secondary N) is 1. The summed E-state index contributed by atoms with van der Waals surface area (Å²) in [4.78, 5) is 0.345. The quantitative estimate of drug-likeness (QED) is 0.838. The summed E-state index contributed by atoms with van der Waals surface area (Å²) in [6.07, 6.45) is 6.73. The lowest BCUT2D eigenvalue weighted by molar-refractivity contribution is 0.522. The zero-order chi connectivity index (χ0) is 12.3. The smallest absolute Gasteiger partial charge is 0.208 e. The Hall–Kier alpha value is -1.13. The number of aryl methyl sites for hydroxylation is 1. The van der Waals surface area contributed by atoms with E-state index in [-0.39, 0.29) is 6.04 Å². The second kappa shape index (κ2) is 5.02. The highest BCUT2D eigenvalue weighted by Gasteiger charge is 2.19. The first kappa shape index (κ1) is 12.3. The third-order valence-corrected chi connectivity index (χ3v) is 4.46. The van der Waals surface area contributed by atoms with Gasteiger partial charge in [0.15, 0.2) is 0 Å². The molecular formula is C13H17NO2S. The SMILES string of the molecule is Cc1ccc(S(=O)(=O)N[C@H]2CC=CCC2)cc1. The molecule has 1 aliphatic rings. The third-order valence-electron chi connectivity index (χ3n) is 2.92. The molecule has 1 N–H and O–H groups in total. The number of allylic oxidation sites excluding steroid dienone is 1. The fraction of sp³-hybridized carbons (Fsp3) is 0.385. The van der Waals surface area contributed by atoms with Crippen LogP contribution in [-0.4, -0.2) is 14.5 Å². The summed E-state index contributed by atoms with van der Waals surface area (Å²) in [6, 6.07) is 6.96. The van der Waals surface area contributed by atoms with Gasteiger partial charge in [-0.3, -0.25) is 0 Å². The lowest BCUT2D eigenvalue weighted by Gasteiger charge is -2.19. The molecule has 1 aromatic carbocycles. The summed E-state index contributed by atoms with van der Waals surface area (Å²) in [7, 11) is -3.36. The molecule has 0 fully saturated rings. The summed E-state index contributed by atoms with van der Waals surface area (Å²) in [5.74, 6) is 0. The topological polar surface area (TPSA) is 46.2 Å². The Kier molecular flexibility index (Phi) is 3.64. The average molecular weight is 251 g/mol. The molecular weight excluding hydrogens is 234 g/mol. The van der Waals surface area contributed by atoms with E-state index in [1.807, 2.05) is 25.1 Å². The monoisotopic (exact) mass is 251 g/mol. The van der Waals surface area contributed by atoms with Crippen LogP contribution in [-0.2, 0) is 10.0 Å². The summed E-state index contributed by atoms with van der Waals surface area (Å²) in [5.41, 5.74) is 1.06. The van der Waals surface area contributed by atoms with Gasteiger partial charge in [-0.2, -0.15) is 0 Å². The summed E-state index contributed by atoms with van der Waals surface area (Å²) >= 11 is 0. The molecule has 0 spiro atoms. The molecule has 1 aromatic rings. The molecule has 0 radical (unpaired) electrons. The van der Waals surface area contributed by atoms with Gasteiger partial charge < -0.3 is 0 Å². The molecule has 1 aliphatic carbocycles. The van der Waals surface area contributed by atoms with Gasteiger partial charge in [-0.05, 0) is 38.3 Å². The molecule has 17 heavy (non-hydrogen) atoms. The van der Waals surface area contributed by atoms with E-state index in [0.717, 1.165) is 24.8 Å². The van der Waals surface area contributed by atoms with Gasteiger partial charge >= 0.3 is 0 Å². The Morgan fingerprint density at radius 3 is 2.47 bits per heavy atom. The number of hydrogen-bond donors (Lipinski definition) is 1. The van der Waals surface area contributed by atoms with Crippen LogP contribution < -0.4 is 4.72 Å². The third kappa shape index (κ3) is 3.17. The molecule has 0 saturated carbocycles. The molecule has 2 rings (SSSR count). The van der Waals surface area contributed by atoms with Crippen molar-refractivity contribution in [3.8, 4) is 0 Å².